The van der Waals surface area contributed by atoms with Crippen LogP contribution in [0.25, 0.3) is 0 Å². The lowest BCUT2D eigenvalue weighted by atomic mass is 9.66. The Kier molecular flexibility index (Phi) is 3.59. The van der Waals surface area contributed by atoms with Gasteiger partial charge in [0.1, 0.15) is 0 Å². The summed E-state index contributed by atoms with van der Waals surface area (Å²) < 4.78 is 6.36. The zero-order chi connectivity index (χ0) is 13.6. The summed E-state index contributed by atoms with van der Waals surface area (Å²) in [5.74, 6) is 3.67. The number of fused-ring (bicyclic) bond motifs is 2. The molecule has 1 aliphatic heterocycles. The summed E-state index contributed by atoms with van der Waals surface area (Å²) in [5.41, 5.74) is 3.16. The van der Waals surface area contributed by atoms with Gasteiger partial charge in [-0.05, 0) is 56.8 Å². The maximum absolute atomic E-state index is 6.36. The molecule has 0 amide bonds. The normalized spacial score (nSPS) is 46.5. The van der Waals surface area contributed by atoms with Crippen molar-refractivity contribution in [3.05, 3.63) is 23.3 Å². The summed E-state index contributed by atoms with van der Waals surface area (Å²) in [6.45, 7) is 10.4. The Bertz CT molecular complexity index is 406. The first kappa shape index (κ1) is 13.4. The Balaban J connectivity index is 1.81. The van der Waals surface area contributed by atoms with Crippen molar-refractivity contribution < 1.29 is 4.74 Å². The molecule has 0 aromatic heterocycles. The maximum Gasteiger partial charge on any atom is 0.0674 e. The Morgan fingerprint density at radius 2 is 2.00 bits per heavy atom. The standard InChI is InChI=1S/C18H28O/c1-11-5-6-16(13(3)7-11)18-17-9-15(10-19-18)12(2)8-14(17)4/h5,8,12-13,15-18H,6-7,9-10H2,1-4H3/t12-,13-,15+,16+,17+,18+/m1/s1. The van der Waals surface area contributed by atoms with Crippen molar-refractivity contribution in [2.24, 2.45) is 29.6 Å². The summed E-state index contributed by atoms with van der Waals surface area (Å²) >= 11 is 0. The van der Waals surface area contributed by atoms with Gasteiger partial charge in [-0.25, -0.2) is 0 Å². The average Bonchev–Trinajstić information content (AvgIpc) is 2.37. The smallest absolute Gasteiger partial charge is 0.0674 e. The highest BCUT2D eigenvalue weighted by atomic mass is 16.5. The molecule has 0 unspecified atom stereocenters. The second kappa shape index (κ2) is 5.09. The first-order valence-corrected chi connectivity index (χ1v) is 8.01. The molecular formula is C18H28O. The number of ether oxygens (including phenoxy) is 1. The summed E-state index contributed by atoms with van der Waals surface area (Å²) in [6.07, 6.45) is 9.29. The first-order chi connectivity index (χ1) is 9.06. The number of hydrogen-bond donors (Lipinski definition) is 0. The van der Waals surface area contributed by atoms with Crippen molar-refractivity contribution in [1.82, 2.24) is 0 Å². The van der Waals surface area contributed by atoms with Gasteiger partial charge < -0.3 is 4.74 Å². The summed E-state index contributed by atoms with van der Waals surface area (Å²) in [4.78, 5) is 0. The monoisotopic (exact) mass is 260 g/mol. The molecule has 0 radical (unpaired) electrons. The van der Waals surface area contributed by atoms with Gasteiger partial charge in [0.25, 0.3) is 0 Å². The van der Waals surface area contributed by atoms with E-state index >= 15 is 0 Å². The van der Waals surface area contributed by atoms with Crippen molar-refractivity contribution in [2.45, 2.75) is 53.1 Å². The van der Waals surface area contributed by atoms with Crippen molar-refractivity contribution in [1.29, 1.82) is 0 Å². The van der Waals surface area contributed by atoms with E-state index in [0.29, 0.717) is 17.9 Å². The lowest BCUT2D eigenvalue weighted by Crippen LogP contribution is -2.46. The molecule has 0 saturated carbocycles. The van der Waals surface area contributed by atoms with Crippen LogP contribution in [0.15, 0.2) is 23.3 Å². The van der Waals surface area contributed by atoms with E-state index in [2.05, 4.69) is 39.8 Å². The van der Waals surface area contributed by atoms with Crippen LogP contribution in [0, 0.1) is 29.6 Å². The van der Waals surface area contributed by atoms with Crippen LogP contribution in [-0.4, -0.2) is 12.7 Å². The molecular weight excluding hydrogens is 232 g/mol. The molecule has 0 aromatic carbocycles. The molecule has 1 heterocycles. The topological polar surface area (TPSA) is 9.23 Å². The Hall–Kier alpha value is -0.560. The fourth-order valence-electron chi connectivity index (χ4n) is 4.56. The highest BCUT2D eigenvalue weighted by molar-refractivity contribution is 5.17. The van der Waals surface area contributed by atoms with Crippen molar-refractivity contribution >= 4 is 0 Å². The van der Waals surface area contributed by atoms with Crippen LogP contribution < -0.4 is 0 Å². The number of rotatable bonds is 1. The lowest BCUT2D eigenvalue weighted by molar-refractivity contribution is -0.0982. The van der Waals surface area contributed by atoms with Gasteiger partial charge in [-0.15, -0.1) is 0 Å². The van der Waals surface area contributed by atoms with E-state index in [1.54, 1.807) is 11.1 Å². The third-order valence-corrected chi connectivity index (χ3v) is 5.85. The highest BCUT2D eigenvalue weighted by Gasteiger charge is 2.42. The molecule has 1 heteroatoms. The van der Waals surface area contributed by atoms with E-state index in [1.807, 2.05) is 0 Å². The van der Waals surface area contributed by atoms with E-state index in [1.165, 1.54) is 19.3 Å². The zero-order valence-corrected chi connectivity index (χ0v) is 12.9. The SMILES string of the molecule is CC1=CC[C@H]([C@@H]2OC[C@@H]3C[C@H]2C(C)=C[C@H]3C)[C@H](C)C1. The van der Waals surface area contributed by atoms with Gasteiger partial charge in [-0.3, -0.25) is 0 Å². The third-order valence-electron chi connectivity index (χ3n) is 5.85. The molecule has 3 aliphatic rings. The van der Waals surface area contributed by atoms with Crippen LogP contribution in [0.2, 0.25) is 0 Å². The fraction of sp³-hybridized carbons (Fsp3) is 0.778. The molecule has 1 saturated heterocycles. The Morgan fingerprint density at radius 3 is 2.74 bits per heavy atom. The Morgan fingerprint density at radius 1 is 1.21 bits per heavy atom. The van der Waals surface area contributed by atoms with Gasteiger partial charge in [-0.1, -0.05) is 37.1 Å². The van der Waals surface area contributed by atoms with Crippen LogP contribution in [0.3, 0.4) is 0 Å². The van der Waals surface area contributed by atoms with Gasteiger partial charge in [0.05, 0.1) is 12.7 Å². The van der Waals surface area contributed by atoms with Crippen molar-refractivity contribution in [2.75, 3.05) is 6.61 Å². The van der Waals surface area contributed by atoms with Crippen molar-refractivity contribution in [3.63, 3.8) is 0 Å². The molecule has 1 fully saturated rings. The molecule has 106 valence electrons. The number of allylic oxidation sites excluding steroid dienone is 3. The molecule has 1 nitrogen and oxygen atoms in total. The molecule has 0 spiro atoms. The molecule has 2 bridgehead atoms. The quantitative estimate of drug-likeness (QED) is 0.626. The van der Waals surface area contributed by atoms with E-state index in [0.717, 1.165) is 24.4 Å². The van der Waals surface area contributed by atoms with E-state index in [-0.39, 0.29) is 0 Å². The molecule has 19 heavy (non-hydrogen) atoms. The predicted molar refractivity (Wildman–Crippen MR) is 79.9 cm³/mol. The lowest BCUT2D eigenvalue weighted by Gasteiger charge is -2.47. The zero-order valence-electron chi connectivity index (χ0n) is 12.9. The maximum atomic E-state index is 6.36. The van der Waals surface area contributed by atoms with Gasteiger partial charge >= 0.3 is 0 Å². The molecule has 6 atom stereocenters. The average molecular weight is 260 g/mol. The second-order valence-corrected chi connectivity index (χ2v) is 7.30. The first-order valence-electron chi connectivity index (χ1n) is 8.01. The van der Waals surface area contributed by atoms with Gasteiger partial charge in [0.15, 0.2) is 0 Å². The van der Waals surface area contributed by atoms with E-state index < -0.39 is 0 Å². The van der Waals surface area contributed by atoms with Gasteiger partial charge in [-0.2, -0.15) is 0 Å². The van der Waals surface area contributed by atoms with Crippen LogP contribution in [-0.2, 0) is 4.74 Å². The van der Waals surface area contributed by atoms with E-state index in [9.17, 15) is 0 Å². The van der Waals surface area contributed by atoms with Crippen LogP contribution in [0.1, 0.15) is 47.0 Å². The number of hydrogen-bond acceptors (Lipinski definition) is 1. The predicted octanol–water partition coefficient (Wildman–Crippen LogP) is 4.60. The largest absolute Gasteiger partial charge is 0.377 e. The molecule has 3 rings (SSSR count). The van der Waals surface area contributed by atoms with Crippen LogP contribution >= 0.6 is 0 Å². The molecule has 0 N–H and O–H groups in total. The van der Waals surface area contributed by atoms with Gasteiger partial charge in [0.2, 0.25) is 0 Å². The van der Waals surface area contributed by atoms with Crippen LogP contribution in [0.4, 0.5) is 0 Å². The fourth-order valence-corrected chi connectivity index (χ4v) is 4.56. The summed E-state index contributed by atoms with van der Waals surface area (Å²) in [5, 5.41) is 0. The third kappa shape index (κ3) is 2.42. The molecule has 0 aromatic rings. The Labute approximate surface area is 118 Å². The highest BCUT2D eigenvalue weighted by Crippen LogP contribution is 2.45. The molecule has 2 aliphatic carbocycles. The minimum atomic E-state index is 0.472. The summed E-state index contributed by atoms with van der Waals surface area (Å²) in [7, 11) is 0. The summed E-state index contributed by atoms with van der Waals surface area (Å²) in [6, 6.07) is 0. The van der Waals surface area contributed by atoms with Gasteiger partial charge in [0, 0.05) is 5.92 Å². The minimum absolute atomic E-state index is 0.472. The minimum Gasteiger partial charge on any atom is -0.377 e. The van der Waals surface area contributed by atoms with Crippen LogP contribution in [0.5, 0.6) is 0 Å². The second-order valence-electron chi connectivity index (χ2n) is 7.30. The van der Waals surface area contributed by atoms with E-state index in [4.69, 9.17) is 4.74 Å². The van der Waals surface area contributed by atoms with Crippen molar-refractivity contribution in [3.8, 4) is 0 Å².